The highest BCUT2D eigenvalue weighted by Crippen LogP contribution is 2.23. The minimum Gasteiger partial charge on any atom is -0.452 e. The van der Waals surface area contributed by atoms with Gasteiger partial charge >= 0.3 is 0 Å². The molecule has 0 aliphatic heterocycles. The summed E-state index contributed by atoms with van der Waals surface area (Å²) in [6, 6.07) is 2.06. The Kier molecular flexibility index (Phi) is 50.2. The van der Waals surface area contributed by atoms with Crippen LogP contribution in [0.1, 0.15) is 296 Å². The minimum absolute atomic E-state index is 0.00694. The first kappa shape index (κ1) is 105. The monoisotopic (exact) mass is 1550 g/mol. The van der Waals surface area contributed by atoms with E-state index in [0.29, 0.717) is 27.6 Å². The molecule has 0 amide bonds. The van der Waals surface area contributed by atoms with E-state index in [2.05, 4.69) is 333 Å². The lowest BCUT2D eigenvalue weighted by Gasteiger charge is -2.13. The predicted octanol–water partition coefficient (Wildman–Crippen LogP) is 20.4. The van der Waals surface area contributed by atoms with Crippen LogP contribution >= 0.6 is 46.1 Å². The van der Waals surface area contributed by atoms with E-state index in [1.165, 1.54) is 60.2 Å². The first-order chi connectivity index (χ1) is 47.9. The van der Waals surface area contributed by atoms with Crippen molar-refractivity contribution in [3.05, 3.63) is 144 Å². The molecule has 11 aromatic rings. The molecule has 600 valence electrons. The zero-order valence-electron chi connectivity index (χ0n) is 72.4. The largest absolute Gasteiger partial charge is 0.452 e. The van der Waals surface area contributed by atoms with Crippen LogP contribution in [0, 0.1) is 21.7 Å². The van der Waals surface area contributed by atoms with Crippen molar-refractivity contribution in [2.24, 2.45) is 42.8 Å². The number of aryl methyl sites for hydroxylation is 3. The van der Waals surface area contributed by atoms with Crippen molar-refractivity contribution < 1.29 is 18.1 Å². The number of oxazole rings is 1. The van der Waals surface area contributed by atoms with Crippen molar-refractivity contribution >= 4 is 46.1 Å². The molecule has 0 spiro atoms. The molecular formula is C75H137N23O4S4. The number of thiazole rings is 1. The smallest absolute Gasteiger partial charge is 0.253 e. The second-order valence-electron chi connectivity index (χ2n) is 37.2. The van der Waals surface area contributed by atoms with E-state index >= 15 is 0 Å². The highest BCUT2D eigenvalue weighted by molar-refractivity contribution is 7.07. The minimum atomic E-state index is -0.0799. The maximum Gasteiger partial charge on any atom is 0.253 e. The van der Waals surface area contributed by atoms with Gasteiger partial charge in [0.2, 0.25) is 6.39 Å². The zero-order valence-corrected chi connectivity index (χ0v) is 75.6. The molecule has 0 fully saturated rings. The zero-order chi connectivity index (χ0) is 83.1. The van der Waals surface area contributed by atoms with Gasteiger partial charge in [0.1, 0.15) is 41.0 Å². The molecule has 0 aromatic carbocycles. The Morgan fingerprint density at radius 3 is 1.18 bits per heavy atom. The van der Waals surface area contributed by atoms with Crippen LogP contribution in [0.2, 0.25) is 0 Å². The van der Waals surface area contributed by atoms with Crippen LogP contribution in [0.5, 0.6) is 0 Å². The van der Waals surface area contributed by atoms with Gasteiger partial charge in [0, 0.05) is 101 Å². The third-order valence-corrected chi connectivity index (χ3v) is 12.1. The fourth-order valence-electron chi connectivity index (χ4n) is 4.59. The summed E-state index contributed by atoms with van der Waals surface area (Å²) in [5.41, 5.74) is 9.21. The van der Waals surface area contributed by atoms with Crippen molar-refractivity contribution in [2.45, 2.75) is 294 Å². The Labute approximate surface area is 653 Å². The van der Waals surface area contributed by atoms with E-state index in [4.69, 9.17) is 4.52 Å². The summed E-state index contributed by atoms with van der Waals surface area (Å²) in [5, 5.41) is 39.4. The van der Waals surface area contributed by atoms with Gasteiger partial charge in [-0.1, -0.05) is 281 Å². The third-order valence-electron chi connectivity index (χ3n) is 9.55. The Hall–Kier alpha value is -7.64. The lowest BCUT2D eigenvalue weighted by molar-refractivity contribution is 0.297. The van der Waals surface area contributed by atoms with E-state index in [1.54, 1.807) is 64.5 Å². The Morgan fingerprint density at radius 2 is 1.01 bits per heavy atom. The first-order valence-corrected chi connectivity index (χ1v) is 38.0. The van der Waals surface area contributed by atoms with Gasteiger partial charge < -0.3 is 18.0 Å². The number of hydrogen-bond acceptors (Lipinski definition) is 28. The van der Waals surface area contributed by atoms with Gasteiger partial charge in [0.05, 0.1) is 58.8 Å². The van der Waals surface area contributed by atoms with Gasteiger partial charge in [-0.3, -0.25) is 14.3 Å². The topological polar surface area (TPSA) is 325 Å². The number of rotatable bonds is 0. The predicted molar refractivity (Wildman–Crippen MR) is 436 cm³/mol. The molecule has 11 rings (SSSR count). The van der Waals surface area contributed by atoms with Crippen LogP contribution in [0.4, 0.5) is 0 Å². The van der Waals surface area contributed by atoms with Crippen LogP contribution in [-0.2, 0) is 59.0 Å². The van der Waals surface area contributed by atoms with Crippen molar-refractivity contribution in [1.29, 1.82) is 0 Å². The van der Waals surface area contributed by atoms with Gasteiger partial charge in [0.15, 0.2) is 12.2 Å². The maximum absolute atomic E-state index is 4.73. The Balaban J connectivity index is -0.000000530. The summed E-state index contributed by atoms with van der Waals surface area (Å²) in [6.45, 7) is 78.7. The lowest BCUT2D eigenvalue weighted by Crippen LogP contribution is -2.12. The van der Waals surface area contributed by atoms with Crippen molar-refractivity contribution in [1.82, 2.24) is 113 Å². The van der Waals surface area contributed by atoms with Gasteiger partial charge in [-0.25, -0.2) is 24.6 Å². The standard InChI is InChI=1S/C8H14N2.2C6H10N2O.2C6H10N2S.C5H9N3O.C5H9N3S.4C5H12.C4H6N2.C3H5N3.C3H3NO.C3H3NS/c1-8(2,3)7-5-6-10(4)9-7;1-6(2,3)5-7-4-9-8-5;1-6(2,3)5-4-7-9-8-5;1-6(2,3)5-7-4-9-8-5;1-6(2,3)5-4-7-9-8-5;2*1-5(2,3)4-6-7-8-9-4;4*1-5(2,3)4;1-6-3-2-5-4-6;1-6-3-4-2-5-6;2*1-2-5-3-4-1/h5-6H,1-4H3;4*4H,1-3H3;2*1-3H3;4*1-4H3;2-4H,1H3;2-3H,1H3;2*1-3H. The molecule has 11 heterocycles. The van der Waals surface area contributed by atoms with Gasteiger partial charge in [-0.2, -0.15) is 28.3 Å². The highest BCUT2D eigenvalue weighted by atomic mass is 32.1. The van der Waals surface area contributed by atoms with Crippen molar-refractivity contribution in [2.75, 3.05) is 0 Å². The summed E-state index contributed by atoms with van der Waals surface area (Å²) < 4.78 is 39.4. The summed E-state index contributed by atoms with van der Waals surface area (Å²) in [5.74, 6) is 2.26. The molecule has 0 radical (unpaired) electrons. The molecule has 0 aliphatic rings. The van der Waals surface area contributed by atoms with Gasteiger partial charge in [0.25, 0.3) is 5.89 Å². The second kappa shape index (κ2) is 50.8. The fourth-order valence-corrected chi connectivity index (χ4v) is 6.66. The summed E-state index contributed by atoms with van der Waals surface area (Å²) in [4.78, 5) is 22.8. The van der Waals surface area contributed by atoms with Crippen LogP contribution in [-0.4, -0.2) is 113 Å². The summed E-state index contributed by atoms with van der Waals surface area (Å²) in [7, 11) is 5.70. The van der Waals surface area contributed by atoms with Gasteiger partial charge in [-0.05, 0) is 49.7 Å². The molecule has 0 aliphatic carbocycles. The van der Waals surface area contributed by atoms with Crippen LogP contribution in [0.15, 0.2) is 122 Å². The number of nitrogens with zero attached hydrogens (tertiary/aromatic N) is 23. The molecule has 106 heavy (non-hydrogen) atoms. The molecule has 0 atom stereocenters. The molecule has 31 heteroatoms. The molecule has 0 bridgehead atoms. The van der Waals surface area contributed by atoms with Crippen LogP contribution in [0.3, 0.4) is 0 Å². The van der Waals surface area contributed by atoms with Crippen molar-refractivity contribution in [3.8, 4) is 0 Å². The molecule has 0 unspecified atom stereocenters. The fraction of sp³-hybridized carbons (Fsp3) is 0.680. The maximum atomic E-state index is 4.73. The SMILES string of the molecule is CC(C)(C)C.CC(C)(C)C.CC(C)(C)C.CC(C)(C)C.CC(C)(C)c1cnon1.CC(C)(C)c1cnsn1.CC(C)(C)c1ncon1.CC(C)(C)c1ncsn1.CC(C)(C)c1nnno1.CC(C)(C)c1nnns1.Cn1ccc(C(C)(C)C)n1.Cn1ccnc1.Cn1cncn1.c1cocn1.c1cscn1. The van der Waals surface area contributed by atoms with Gasteiger partial charge in [-0.15, -0.1) is 16.4 Å². The number of aromatic nitrogens is 23. The van der Waals surface area contributed by atoms with Crippen molar-refractivity contribution in [3.63, 3.8) is 0 Å². The van der Waals surface area contributed by atoms with E-state index in [9.17, 15) is 0 Å². The van der Waals surface area contributed by atoms with E-state index in [1.807, 2.05) is 95.9 Å². The number of imidazole rings is 1. The average molecular weight is 1550 g/mol. The average Bonchev–Trinajstić information content (AvgIpc) is 1.72. The van der Waals surface area contributed by atoms with Crippen LogP contribution in [0.25, 0.3) is 0 Å². The summed E-state index contributed by atoms with van der Waals surface area (Å²) >= 11 is 5.63. The molecule has 11 aromatic heterocycles. The normalized spacial score (nSPS) is 11.2. The molecule has 0 saturated heterocycles. The summed E-state index contributed by atoms with van der Waals surface area (Å²) in [6.07, 6.45) is 21.6. The Bertz CT molecular complexity index is 3050. The molecule has 27 nitrogen and oxygen atoms in total. The Morgan fingerprint density at radius 1 is 0.453 bits per heavy atom. The highest BCUT2D eigenvalue weighted by Gasteiger charge is 2.22. The first-order valence-electron chi connectivity index (χ1n) is 34.7. The quantitative estimate of drug-likeness (QED) is 0.136. The second-order valence-corrected chi connectivity index (χ2v) is 39.9. The third kappa shape index (κ3) is 73.3. The van der Waals surface area contributed by atoms with E-state index < -0.39 is 0 Å². The molecule has 0 saturated carbocycles. The van der Waals surface area contributed by atoms with E-state index in [0.717, 1.165) is 33.7 Å². The molecular weight excluding hydrogens is 1420 g/mol. The lowest BCUT2D eigenvalue weighted by atomic mass is 9.93. The number of hydrogen-bond donors (Lipinski definition) is 0. The molecule has 0 N–H and O–H groups in total. The van der Waals surface area contributed by atoms with Crippen LogP contribution < -0.4 is 0 Å². The van der Waals surface area contributed by atoms with E-state index in [-0.39, 0.29) is 37.9 Å².